The maximum Gasteiger partial charge on any atom is 0.255 e. The zero-order chi connectivity index (χ0) is 22.6. The van der Waals surface area contributed by atoms with Gasteiger partial charge in [0.1, 0.15) is 11.5 Å². The van der Waals surface area contributed by atoms with Gasteiger partial charge in [0.15, 0.2) is 0 Å². The Bertz CT molecular complexity index is 1100. The van der Waals surface area contributed by atoms with Gasteiger partial charge in [-0.25, -0.2) is 0 Å². The number of thiophene rings is 1. The van der Waals surface area contributed by atoms with Gasteiger partial charge in [0, 0.05) is 30.1 Å². The van der Waals surface area contributed by atoms with Crippen LogP contribution in [0.25, 0.3) is 0 Å². The van der Waals surface area contributed by atoms with Crippen LogP contribution < -0.4 is 5.32 Å². The Balaban J connectivity index is 1.20. The summed E-state index contributed by atoms with van der Waals surface area (Å²) in [7, 11) is 0. The number of amides is 2. The molecule has 172 valence electrons. The normalized spacial score (nSPS) is 17.2. The number of morpholine rings is 1. The van der Waals surface area contributed by atoms with Crippen LogP contribution in [0.5, 0.6) is 0 Å². The number of hydrogen-bond acceptors (Lipinski definition) is 6. The van der Waals surface area contributed by atoms with Crippen molar-refractivity contribution in [1.82, 2.24) is 15.1 Å². The standard InChI is InChI=1S/C25H27N3O4S/c29-24(26-15-19-7-8-20(32-19)17-27-9-11-31-12-10-27)14-22(23-6-3-13-33-23)28-16-18-4-1-2-5-21(18)25(28)30/h1-8,13,22H,9-12,14-17H2,(H,26,29)/t22-/m1/s1. The number of rotatable bonds is 8. The smallest absolute Gasteiger partial charge is 0.255 e. The van der Waals surface area contributed by atoms with Crippen molar-refractivity contribution in [2.45, 2.75) is 32.1 Å². The van der Waals surface area contributed by atoms with Gasteiger partial charge in [-0.15, -0.1) is 11.3 Å². The average Bonchev–Trinajstić information content (AvgIpc) is 3.59. The predicted octanol–water partition coefficient (Wildman–Crippen LogP) is 3.58. The van der Waals surface area contributed by atoms with Crippen LogP contribution in [0.2, 0.25) is 0 Å². The fourth-order valence-corrected chi connectivity index (χ4v) is 5.23. The van der Waals surface area contributed by atoms with E-state index in [4.69, 9.17) is 9.15 Å². The Morgan fingerprint density at radius 1 is 1.06 bits per heavy atom. The molecule has 33 heavy (non-hydrogen) atoms. The van der Waals surface area contributed by atoms with E-state index in [1.54, 1.807) is 11.3 Å². The number of nitrogens with one attached hydrogen (secondary N) is 1. The third-order valence-corrected chi connectivity index (χ3v) is 7.11. The minimum absolute atomic E-state index is 0.0180. The quantitative estimate of drug-likeness (QED) is 0.551. The van der Waals surface area contributed by atoms with Crippen molar-refractivity contribution in [2.75, 3.05) is 26.3 Å². The van der Waals surface area contributed by atoms with E-state index in [1.165, 1.54) is 0 Å². The molecule has 1 aromatic carbocycles. The molecule has 0 spiro atoms. The lowest BCUT2D eigenvalue weighted by molar-refractivity contribution is -0.122. The van der Waals surface area contributed by atoms with Crippen LogP contribution in [-0.4, -0.2) is 47.9 Å². The summed E-state index contributed by atoms with van der Waals surface area (Å²) >= 11 is 1.57. The Labute approximate surface area is 196 Å². The van der Waals surface area contributed by atoms with E-state index in [2.05, 4.69) is 10.2 Å². The number of furan rings is 1. The zero-order valence-electron chi connectivity index (χ0n) is 18.4. The molecule has 2 aliphatic rings. The first kappa shape index (κ1) is 21.9. The van der Waals surface area contributed by atoms with E-state index < -0.39 is 0 Å². The second kappa shape index (κ2) is 9.91. The molecule has 8 heteroatoms. The van der Waals surface area contributed by atoms with E-state index >= 15 is 0 Å². The fraction of sp³-hybridized carbons (Fsp3) is 0.360. The third kappa shape index (κ3) is 5.03. The van der Waals surface area contributed by atoms with Gasteiger partial charge in [-0.1, -0.05) is 24.3 Å². The Kier molecular flexibility index (Phi) is 6.57. The number of fused-ring (bicyclic) bond motifs is 1. The van der Waals surface area contributed by atoms with Gasteiger partial charge in [0.05, 0.1) is 38.8 Å². The summed E-state index contributed by atoms with van der Waals surface area (Å²) in [6.45, 7) is 4.89. The van der Waals surface area contributed by atoms with Crippen LogP contribution in [0, 0.1) is 0 Å². The SMILES string of the molecule is O=C(C[C@H](c1cccs1)N1Cc2ccccc2C1=O)NCc1ccc(CN2CCOCC2)o1. The summed E-state index contributed by atoms with van der Waals surface area (Å²) in [4.78, 5) is 31.0. The molecule has 1 saturated heterocycles. The molecular weight excluding hydrogens is 438 g/mol. The number of carbonyl (C=O) groups excluding carboxylic acids is 2. The first-order valence-electron chi connectivity index (χ1n) is 11.2. The van der Waals surface area contributed by atoms with Gasteiger partial charge in [-0.3, -0.25) is 14.5 Å². The van der Waals surface area contributed by atoms with Gasteiger partial charge in [0.2, 0.25) is 5.91 Å². The Morgan fingerprint density at radius 3 is 2.67 bits per heavy atom. The van der Waals surface area contributed by atoms with E-state index in [0.29, 0.717) is 13.1 Å². The van der Waals surface area contributed by atoms with Crippen molar-refractivity contribution in [3.05, 3.63) is 81.4 Å². The summed E-state index contributed by atoms with van der Waals surface area (Å²) in [6, 6.07) is 15.2. The molecule has 1 atom stereocenters. The van der Waals surface area contributed by atoms with Gasteiger partial charge < -0.3 is 19.4 Å². The number of ether oxygens (including phenoxy) is 1. The molecule has 1 fully saturated rings. The van der Waals surface area contributed by atoms with Gasteiger partial charge >= 0.3 is 0 Å². The second-order valence-corrected chi connectivity index (χ2v) is 9.34. The molecule has 2 aromatic heterocycles. The average molecular weight is 466 g/mol. The molecule has 0 saturated carbocycles. The largest absolute Gasteiger partial charge is 0.463 e. The predicted molar refractivity (Wildman–Crippen MR) is 125 cm³/mol. The highest BCUT2D eigenvalue weighted by molar-refractivity contribution is 7.10. The van der Waals surface area contributed by atoms with Crippen LogP contribution in [0.15, 0.2) is 58.3 Å². The summed E-state index contributed by atoms with van der Waals surface area (Å²) in [6.07, 6.45) is 0.210. The maximum absolute atomic E-state index is 13.0. The summed E-state index contributed by atoms with van der Waals surface area (Å²) < 4.78 is 11.3. The van der Waals surface area contributed by atoms with Crippen molar-refractivity contribution in [1.29, 1.82) is 0 Å². The van der Waals surface area contributed by atoms with Gasteiger partial charge in [-0.2, -0.15) is 0 Å². The molecule has 5 rings (SSSR count). The van der Waals surface area contributed by atoms with Crippen molar-refractivity contribution in [3.63, 3.8) is 0 Å². The Morgan fingerprint density at radius 2 is 1.88 bits per heavy atom. The molecule has 0 aliphatic carbocycles. The van der Waals surface area contributed by atoms with Crippen molar-refractivity contribution in [3.8, 4) is 0 Å². The molecule has 3 aromatic rings. The molecule has 4 heterocycles. The van der Waals surface area contributed by atoms with E-state index in [0.717, 1.165) is 60.4 Å². The first-order chi connectivity index (χ1) is 16.2. The fourth-order valence-electron chi connectivity index (χ4n) is 4.39. The van der Waals surface area contributed by atoms with Crippen LogP contribution in [0.4, 0.5) is 0 Å². The number of carbonyl (C=O) groups is 2. The zero-order valence-corrected chi connectivity index (χ0v) is 19.2. The van der Waals surface area contributed by atoms with Gasteiger partial charge in [-0.05, 0) is 35.2 Å². The van der Waals surface area contributed by atoms with Crippen molar-refractivity contribution < 1.29 is 18.7 Å². The highest BCUT2D eigenvalue weighted by Gasteiger charge is 2.34. The summed E-state index contributed by atoms with van der Waals surface area (Å²) in [5, 5.41) is 4.95. The van der Waals surface area contributed by atoms with Crippen LogP contribution in [0.1, 0.15) is 44.8 Å². The van der Waals surface area contributed by atoms with Crippen LogP contribution in [-0.2, 0) is 29.2 Å². The van der Waals surface area contributed by atoms with Gasteiger partial charge in [0.25, 0.3) is 5.91 Å². The molecule has 0 radical (unpaired) electrons. The summed E-state index contributed by atoms with van der Waals surface area (Å²) in [5.41, 5.74) is 1.73. The minimum Gasteiger partial charge on any atom is -0.463 e. The summed E-state index contributed by atoms with van der Waals surface area (Å²) in [5.74, 6) is 1.49. The first-order valence-corrected chi connectivity index (χ1v) is 12.1. The molecule has 2 aliphatic heterocycles. The lowest BCUT2D eigenvalue weighted by Gasteiger charge is -2.26. The number of benzene rings is 1. The van der Waals surface area contributed by atoms with Crippen molar-refractivity contribution >= 4 is 23.2 Å². The number of hydrogen-bond donors (Lipinski definition) is 1. The lowest BCUT2D eigenvalue weighted by Crippen LogP contribution is -2.35. The van der Waals surface area contributed by atoms with E-state index in [-0.39, 0.29) is 24.3 Å². The van der Waals surface area contributed by atoms with E-state index in [1.807, 2.05) is 58.8 Å². The topological polar surface area (TPSA) is 75.0 Å². The second-order valence-electron chi connectivity index (χ2n) is 8.36. The van der Waals surface area contributed by atoms with Crippen LogP contribution >= 0.6 is 11.3 Å². The Hall–Kier alpha value is -2.94. The lowest BCUT2D eigenvalue weighted by atomic mass is 10.1. The molecule has 7 nitrogen and oxygen atoms in total. The van der Waals surface area contributed by atoms with E-state index in [9.17, 15) is 9.59 Å². The molecule has 2 amide bonds. The minimum atomic E-state index is -0.293. The third-order valence-electron chi connectivity index (χ3n) is 6.14. The monoisotopic (exact) mass is 465 g/mol. The maximum atomic E-state index is 13.0. The highest BCUT2D eigenvalue weighted by Crippen LogP contribution is 2.35. The van der Waals surface area contributed by atoms with Crippen LogP contribution in [0.3, 0.4) is 0 Å². The molecule has 1 N–H and O–H groups in total. The highest BCUT2D eigenvalue weighted by atomic mass is 32.1. The molecule has 0 unspecified atom stereocenters. The molecule has 0 bridgehead atoms. The van der Waals surface area contributed by atoms with Crippen molar-refractivity contribution in [2.24, 2.45) is 0 Å². The molecular formula is C25H27N3O4S. The number of nitrogens with zero attached hydrogens (tertiary/aromatic N) is 2.